The third-order valence-electron chi connectivity index (χ3n) is 3.66. The molecular weight excluding hydrogens is 309 g/mol. The molecule has 2 aromatic rings. The fourth-order valence-electron chi connectivity index (χ4n) is 2.48. The fraction of sp³-hybridized carbons (Fsp3) is 0.333. The second-order valence-electron chi connectivity index (χ2n) is 5.22. The van der Waals surface area contributed by atoms with Crippen molar-refractivity contribution in [2.24, 2.45) is 0 Å². The summed E-state index contributed by atoms with van der Waals surface area (Å²) in [5.74, 6) is -0.281. The van der Waals surface area contributed by atoms with E-state index in [0.29, 0.717) is 18.8 Å². The molecule has 1 aliphatic rings. The van der Waals surface area contributed by atoms with Crippen LogP contribution < -0.4 is 4.74 Å². The standard InChI is InChI=1S/C15H15ClFN3O2/c1-9(22-14-3-2-11(17)6-12(14)16)15(21)20-5-4-13-10(8-20)7-18-19-13/h2-3,6-7,9H,4-5,8H2,1H3,(H,18,19)/t9-/m1/s1. The fourth-order valence-corrected chi connectivity index (χ4v) is 2.69. The Morgan fingerprint density at radius 2 is 2.36 bits per heavy atom. The lowest BCUT2D eigenvalue weighted by molar-refractivity contribution is -0.138. The maximum Gasteiger partial charge on any atom is 0.263 e. The van der Waals surface area contributed by atoms with E-state index in [0.717, 1.165) is 23.7 Å². The van der Waals surface area contributed by atoms with E-state index in [1.54, 1.807) is 18.0 Å². The molecule has 0 bridgehead atoms. The van der Waals surface area contributed by atoms with Crippen LogP contribution in [0.4, 0.5) is 4.39 Å². The molecule has 1 amide bonds. The Labute approximate surface area is 132 Å². The second kappa shape index (κ2) is 5.96. The Morgan fingerprint density at radius 3 is 3.14 bits per heavy atom. The summed E-state index contributed by atoms with van der Waals surface area (Å²) in [4.78, 5) is 14.2. The number of carbonyl (C=O) groups is 1. The molecule has 116 valence electrons. The average molecular weight is 324 g/mol. The molecule has 22 heavy (non-hydrogen) atoms. The van der Waals surface area contributed by atoms with Gasteiger partial charge < -0.3 is 9.64 Å². The van der Waals surface area contributed by atoms with Crippen molar-refractivity contribution < 1.29 is 13.9 Å². The number of aromatic nitrogens is 2. The molecule has 0 spiro atoms. The Morgan fingerprint density at radius 1 is 1.55 bits per heavy atom. The van der Waals surface area contributed by atoms with Crippen molar-refractivity contribution in [3.63, 3.8) is 0 Å². The summed E-state index contributed by atoms with van der Waals surface area (Å²) in [6.07, 6.45) is 1.78. The van der Waals surface area contributed by atoms with Gasteiger partial charge in [0.1, 0.15) is 11.6 Å². The first-order chi connectivity index (χ1) is 10.5. The van der Waals surface area contributed by atoms with Crippen molar-refractivity contribution >= 4 is 17.5 Å². The number of H-pyrrole nitrogens is 1. The highest BCUT2D eigenvalue weighted by atomic mass is 35.5. The van der Waals surface area contributed by atoms with Crippen LogP contribution in [0.5, 0.6) is 5.75 Å². The van der Waals surface area contributed by atoms with Crippen molar-refractivity contribution in [1.82, 2.24) is 15.1 Å². The number of benzene rings is 1. The summed E-state index contributed by atoms with van der Waals surface area (Å²) >= 11 is 5.91. The van der Waals surface area contributed by atoms with E-state index in [2.05, 4.69) is 10.2 Å². The van der Waals surface area contributed by atoms with Gasteiger partial charge in [-0.1, -0.05) is 11.6 Å². The number of carbonyl (C=O) groups excluding carboxylic acids is 1. The predicted octanol–water partition coefficient (Wildman–Crippen LogP) is 2.55. The largest absolute Gasteiger partial charge is 0.479 e. The highest BCUT2D eigenvalue weighted by molar-refractivity contribution is 6.32. The van der Waals surface area contributed by atoms with Gasteiger partial charge in [-0.05, 0) is 25.1 Å². The normalized spacial score (nSPS) is 15.3. The quantitative estimate of drug-likeness (QED) is 0.944. The third-order valence-corrected chi connectivity index (χ3v) is 3.95. The summed E-state index contributed by atoms with van der Waals surface area (Å²) in [5.41, 5.74) is 2.09. The highest BCUT2D eigenvalue weighted by Crippen LogP contribution is 2.26. The molecule has 1 N–H and O–H groups in total. The first-order valence-electron chi connectivity index (χ1n) is 6.96. The summed E-state index contributed by atoms with van der Waals surface area (Å²) in [6.45, 7) is 2.78. The number of aromatic amines is 1. The zero-order valence-corrected chi connectivity index (χ0v) is 12.7. The van der Waals surface area contributed by atoms with Crippen LogP contribution >= 0.6 is 11.6 Å². The lowest BCUT2D eigenvalue weighted by Crippen LogP contribution is -2.43. The van der Waals surface area contributed by atoms with Crippen LogP contribution in [0.15, 0.2) is 24.4 Å². The van der Waals surface area contributed by atoms with Gasteiger partial charge in [0.2, 0.25) is 0 Å². The van der Waals surface area contributed by atoms with E-state index in [9.17, 15) is 9.18 Å². The van der Waals surface area contributed by atoms with Crippen molar-refractivity contribution in [3.05, 3.63) is 46.5 Å². The van der Waals surface area contributed by atoms with Gasteiger partial charge in [-0.3, -0.25) is 9.89 Å². The van der Waals surface area contributed by atoms with Gasteiger partial charge in [0.15, 0.2) is 6.10 Å². The van der Waals surface area contributed by atoms with E-state index < -0.39 is 11.9 Å². The number of nitrogens with zero attached hydrogens (tertiary/aromatic N) is 2. The molecule has 1 atom stereocenters. The number of amides is 1. The maximum atomic E-state index is 13.0. The van der Waals surface area contributed by atoms with Gasteiger partial charge in [0.25, 0.3) is 5.91 Å². The highest BCUT2D eigenvalue weighted by Gasteiger charge is 2.27. The molecule has 0 radical (unpaired) electrons. The number of rotatable bonds is 3. The van der Waals surface area contributed by atoms with E-state index in [-0.39, 0.29) is 10.9 Å². The molecule has 5 nitrogen and oxygen atoms in total. The van der Waals surface area contributed by atoms with Crippen molar-refractivity contribution in [1.29, 1.82) is 0 Å². The van der Waals surface area contributed by atoms with Gasteiger partial charge in [0, 0.05) is 30.8 Å². The number of hydrogen-bond donors (Lipinski definition) is 1. The molecule has 0 saturated carbocycles. The molecule has 0 saturated heterocycles. The van der Waals surface area contributed by atoms with Gasteiger partial charge in [0.05, 0.1) is 11.2 Å². The van der Waals surface area contributed by atoms with Crippen LogP contribution in [0.25, 0.3) is 0 Å². The van der Waals surface area contributed by atoms with Gasteiger partial charge in [-0.25, -0.2) is 4.39 Å². The molecule has 3 rings (SSSR count). The van der Waals surface area contributed by atoms with E-state index in [1.165, 1.54) is 12.1 Å². The van der Waals surface area contributed by atoms with Crippen molar-refractivity contribution in [2.75, 3.05) is 6.54 Å². The molecular formula is C15H15ClFN3O2. The Bertz CT molecular complexity index is 704. The maximum absolute atomic E-state index is 13.0. The number of fused-ring (bicyclic) bond motifs is 1. The smallest absolute Gasteiger partial charge is 0.263 e. The zero-order chi connectivity index (χ0) is 15.7. The Balaban J connectivity index is 1.67. The van der Waals surface area contributed by atoms with Crippen molar-refractivity contribution in [2.45, 2.75) is 26.0 Å². The molecule has 0 unspecified atom stereocenters. The predicted molar refractivity (Wildman–Crippen MR) is 79.2 cm³/mol. The zero-order valence-electron chi connectivity index (χ0n) is 12.0. The monoisotopic (exact) mass is 323 g/mol. The van der Waals surface area contributed by atoms with E-state index in [1.807, 2.05) is 0 Å². The minimum atomic E-state index is -0.698. The molecule has 1 aliphatic heterocycles. The third kappa shape index (κ3) is 2.92. The average Bonchev–Trinajstić information content (AvgIpc) is 2.96. The topological polar surface area (TPSA) is 58.2 Å². The number of ether oxygens (including phenoxy) is 1. The SMILES string of the molecule is C[C@@H](Oc1ccc(F)cc1Cl)C(=O)N1CCc2[nH]ncc2C1. The lowest BCUT2D eigenvalue weighted by Gasteiger charge is -2.29. The number of hydrogen-bond acceptors (Lipinski definition) is 3. The molecule has 0 aliphatic carbocycles. The van der Waals surface area contributed by atoms with Gasteiger partial charge >= 0.3 is 0 Å². The minimum Gasteiger partial charge on any atom is -0.479 e. The van der Waals surface area contributed by atoms with E-state index in [4.69, 9.17) is 16.3 Å². The van der Waals surface area contributed by atoms with Crippen LogP contribution in [0, 0.1) is 5.82 Å². The van der Waals surface area contributed by atoms with Gasteiger partial charge in [-0.15, -0.1) is 0 Å². The molecule has 1 aromatic carbocycles. The number of halogens is 2. The first kappa shape index (κ1) is 14.8. The Kier molecular flexibility index (Phi) is 4.02. The lowest BCUT2D eigenvalue weighted by atomic mass is 10.1. The van der Waals surface area contributed by atoms with E-state index >= 15 is 0 Å². The van der Waals surface area contributed by atoms with Crippen LogP contribution in [0.3, 0.4) is 0 Å². The molecule has 0 fully saturated rings. The summed E-state index contributed by atoms with van der Waals surface area (Å²) in [7, 11) is 0. The second-order valence-corrected chi connectivity index (χ2v) is 5.63. The first-order valence-corrected chi connectivity index (χ1v) is 7.34. The van der Waals surface area contributed by atoms with Crippen molar-refractivity contribution in [3.8, 4) is 5.75 Å². The Hall–Kier alpha value is -2.08. The van der Waals surface area contributed by atoms with Gasteiger partial charge in [-0.2, -0.15) is 5.10 Å². The summed E-state index contributed by atoms with van der Waals surface area (Å²) < 4.78 is 18.6. The van der Waals surface area contributed by atoms with Crippen LogP contribution in [0.1, 0.15) is 18.2 Å². The van der Waals surface area contributed by atoms with Crippen LogP contribution in [-0.4, -0.2) is 33.7 Å². The summed E-state index contributed by atoms with van der Waals surface area (Å²) in [5, 5.41) is 7.06. The molecule has 2 heterocycles. The number of nitrogens with one attached hydrogen (secondary N) is 1. The summed E-state index contributed by atoms with van der Waals surface area (Å²) in [6, 6.07) is 3.83. The molecule has 1 aromatic heterocycles. The van der Waals surface area contributed by atoms with Crippen LogP contribution in [0.2, 0.25) is 5.02 Å². The molecule has 7 heteroatoms. The van der Waals surface area contributed by atoms with Crippen LogP contribution in [-0.2, 0) is 17.8 Å². The minimum absolute atomic E-state index is 0.132.